The summed E-state index contributed by atoms with van der Waals surface area (Å²) in [5.74, 6) is 2.10. The Bertz CT molecular complexity index is 2210. The Morgan fingerprint density at radius 3 is 2.08 bits per heavy atom. The summed E-state index contributed by atoms with van der Waals surface area (Å²) in [7, 11) is 0. The van der Waals surface area contributed by atoms with Crippen LogP contribution in [0.15, 0.2) is 104 Å². The van der Waals surface area contributed by atoms with E-state index >= 15 is 0 Å². The van der Waals surface area contributed by atoms with Gasteiger partial charge in [0.2, 0.25) is 0 Å². The van der Waals surface area contributed by atoms with Gasteiger partial charge in [-0.3, -0.25) is 0 Å². The van der Waals surface area contributed by atoms with Gasteiger partial charge in [0.15, 0.2) is 0 Å². The van der Waals surface area contributed by atoms with Crippen LogP contribution in [0.1, 0.15) is 79.0 Å². The van der Waals surface area contributed by atoms with Gasteiger partial charge in [0, 0.05) is 50.0 Å². The van der Waals surface area contributed by atoms with Crippen molar-refractivity contribution in [2.75, 3.05) is 9.80 Å². The van der Waals surface area contributed by atoms with Crippen molar-refractivity contribution in [1.82, 2.24) is 9.55 Å². The summed E-state index contributed by atoms with van der Waals surface area (Å²) in [4.78, 5) is 9.10. The first-order valence-corrected chi connectivity index (χ1v) is 17.0. The fourth-order valence-electron chi connectivity index (χ4n) is 6.43. The normalized spacial score (nSPS) is 13.7. The number of rotatable bonds is 5. The molecule has 5 nitrogen and oxygen atoms in total. The summed E-state index contributed by atoms with van der Waals surface area (Å²) < 4.78 is 8.64. The molecular formula is C44H45N4OPt-3. The van der Waals surface area contributed by atoms with Crippen LogP contribution in [-0.2, 0) is 37.3 Å². The van der Waals surface area contributed by atoms with Crippen LogP contribution in [0.3, 0.4) is 0 Å². The van der Waals surface area contributed by atoms with Crippen molar-refractivity contribution in [3.05, 3.63) is 139 Å². The summed E-state index contributed by atoms with van der Waals surface area (Å²) >= 11 is 0. The Balaban J connectivity index is 0.00000432. The molecular weight excluding hydrogens is 796 g/mol. The van der Waals surface area contributed by atoms with Gasteiger partial charge in [0.25, 0.3) is 0 Å². The average molecular weight is 841 g/mol. The van der Waals surface area contributed by atoms with Crippen LogP contribution in [0, 0.1) is 18.8 Å². The van der Waals surface area contributed by atoms with Crippen LogP contribution in [0.4, 0.5) is 11.4 Å². The van der Waals surface area contributed by atoms with E-state index in [2.05, 4.69) is 169 Å². The second kappa shape index (κ2) is 13.1. The van der Waals surface area contributed by atoms with E-state index in [1.807, 2.05) is 30.5 Å². The number of benzene rings is 4. The summed E-state index contributed by atoms with van der Waals surface area (Å²) in [6, 6.07) is 36.7. The van der Waals surface area contributed by atoms with Crippen LogP contribution >= 0.6 is 0 Å². The van der Waals surface area contributed by atoms with Crippen molar-refractivity contribution in [3.63, 3.8) is 0 Å². The Morgan fingerprint density at radius 2 is 1.34 bits per heavy atom. The molecule has 0 fully saturated rings. The maximum absolute atomic E-state index is 6.46. The van der Waals surface area contributed by atoms with E-state index in [0.29, 0.717) is 11.5 Å². The number of para-hydroxylation sites is 1. The summed E-state index contributed by atoms with van der Waals surface area (Å²) in [6.07, 6.45) is 6.08. The van der Waals surface area contributed by atoms with Gasteiger partial charge in [-0.1, -0.05) is 98.2 Å². The van der Waals surface area contributed by atoms with Crippen LogP contribution in [-0.4, -0.2) is 9.55 Å². The first-order chi connectivity index (χ1) is 23.2. The summed E-state index contributed by atoms with van der Waals surface area (Å²) in [5.41, 5.74) is 7.96. The molecule has 0 radical (unpaired) electrons. The number of nitrogens with zero attached hydrogens (tertiary/aromatic N) is 4. The molecule has 0 amide bonds. The Hall–Kier alpha value is -4.34. The minimum Gasteiger partial charge on any atom is -0.509 e. The predicted octanol–water partition coefficient (Wildman–Crippen LogP) is 11.4. The van der Waals surface area contributed by atoms with Gasteiger partial charge >= 0.3 is 0 Å². The first kappa shape index (κ1) is 35.5. The topological polar surface area (TPSA) is 33.5 Å². The maximum Gasteiger partial charge on any atom is 0.135 e. The molecule has 6 aromatic rings. The van der Waals surface area contributed by atoms with Gasteiger partial charge < -0.3 is 19.1 Å². The molecule has 0 aliphatic carbocycles. The van der Waals surface area contributed by atoms with Crippen molar-refractivity contribution < 1.29 is 25.8 Å². The molecule has 3 heterocycles. The molecule has 0 saturated carbocycles. The molecule has 0 spiro atoms. The zero-order valence-corrected chi connectivity index (χ0v) is 32.7. The Labute approximate surface area is 311 Å². The molecule has 0 unspecified atom stereocenters. The second-order valence-electron chi connectivity index (χ2n) is 16.1. The SMILES string of the molecule is CC(C)(C)c1ccnc(-n2c3[c-]c(Oc4[c-]c(N5C=CN(c6cc(C(C)(C)C)ccc6C(C)(C)C)[CH-]5)ccc4)ccc3c3ccccc32)c1.[Pt]. The molecule has 1 aliphatic rings. The summed E-state index contributed by atoms with van der Waals surface area (Å²) in [5, 5.41) is 2.26. The molecule has 0 saturated heterocycles. The Kier molecular flexibility index (Phi) is 9.29. The van der Waals surface area contributed by atoms with Crippen LogP contribution in [0.25, 0.3) is 27.6 Å². The monoisotopic (exact) mass is 840 g/mol. The third-order valence-electron chi connectivity index (χ3n) is 9.24. The number of ether oxygens (including phenoxy) is 1. The largest absolute Gasteiger partial charge is 0.509 e. The van der Waals surface area contributed by atoms with Crippen molar-refractivity contribution in [2.24, 2.45) is 0 Å². The third-order valence-corrected chi connectivity index (χ3v) is 9.24. The minimum atomic E-state index is -0.00447. The molecule has 260 valence electrons. The van der Waals surface area contributed by atoms with E-state index in [0.717, 1.165) is 33.3 Å². The van der Waals surface area contributed by atoms with Gasteiger partial charge in [0.1, 0.15) is 5.82 Å². The van der Waals surface area contributed by atoms with Gasteiger partial charge in [-0.25, -0.2) is 4.98 Å². The van der Waals surface area contributed by atoms with Gasteiger partial charge in [-0.15, -0.1) is 48.1 Å². The molecule has 4 aromatic carbocycles. The van der Waals surface area contributed by atoms with Crippen LogP contribution < -0.4 is 14.5 Å². The molecule has 2 aromatic heterocycles. The fourth-order valence-corrected chi connectivity index (χ4v) is 6.43. The molecule has 1 aliphatic heterocycles. The van der Waals surface area contributed by atoms with Gasteiger partial charge in [-0.05, 0) is 75.0 Å². The zero-order chi connectivity index (χ0) is 34.7. The third kappa shape index (κ3) is 6.85. The number of hydrogen-bond donors (Lipinski definition) is 0. The second-order valence-corrected chi connectivity index (χ2v) is 16.1. The van der Waals surface area contributed by atoms with E-state index in [9.17, 15) is 0 Å². The molecule has 7 rings (SSSR count). The van der Waals surface area contributed by atoms with Gasteiger partial charge in [-0.2, -0.15) is 12.1 Å². The molecule has 0 bridgehead atoms. The van der Waals surface area contributed by atoms with E-state index in [1.54, 1.807) is 0 Å². The quantitative estimate of drug-likeness (QED) is 0.162. The van der Waals surface area contributed by atoms with Crippen molar-refractivity contribution in [2.45, 2.75) is 78.6 Å². The van der Waals surface area contributed by atoms with Crippen molar-refractivity contribution >= 4 is 33.2 Å². The number of anilines is 2. The maximum atomic E-state index is 6.46. The molecule has 50 heavy (non-hydrogen) atoms. The smallest absolute Gasteiger partial charge is 0.135 e. The number of fused-ring (bicyclic) bond motifs is 3. The number of aromatic nitrogens is 2. The van der Waals surface area contributed by atoms with Crippen molar-refractivity contribution in [1.29, 1.82) is 0 Å². The number of hydrogen-bond acceptors (Lipinski definition) is 4. The molecule has 0 atom stereocenters. The van der Waals surface area contributed by atoms with E-state index in [4.69, 9.17) is 9.72 Å². The standard InChI is InChI=1S/C44H45N4O.Pt/c1-42(2,3)30-17-20-37(44(7,8)9)40(25-30)47-24-23-46(29-47)32-13-12-14-33(27-32)49-34-18-19-36-35-15-10-11-16-38(35)48(39(36)28-34)41-26-31(21-22-45-41)43(4,5)6;/h10-26,29H,1-9H3;/q-3;. The van der Waals surface area contributed by atoms with Crippen LogP contribution in [0.5, 0.6) is 11.5 Å². The van der Waals surface area contributed by atoms with Gasteiger partial charge in [0.05, 0.1) is 0 Å². The van der Waals surface area contributed by atoms with E-state index in [-0.39, 0.29) is 37.3 Å². The Morgan fingerprint density at radius 1 is 0.640 bits per heavy atom. The van der Waals surface area contributed by atoms with E-state index in [1.165, 1.54) is 22.4 Å². The van der Waals surface area contributed by atoms with Crippen molar-refractivity contribution in [3.8, 4) is 17.3 Å². The molecule has 0 N–H and O–H groups in total. The van der Waals surface area contributed by atoms with E-state index < -0.39 is 0 Å². The fraction of sp³-hybridized carbons (Fsp3) is 0.273. The zero-order valence-electron chi connectivity index (χ0n) is 30.4. The minimum absolute atomic E-state index is 0. The first-order valence-electron chi connectivity index (χ1n) is 17.0. The van der Waals surface area contributed by atoms with Crippen LogP contribution in [0.2, 0.25) is 0 Å². The molecule has 6 heteroatoms. The summed E-state index contributed by atoms with van der Waals surface area (Å²) in [6.45, 7) is 22.4. The average Bonchev–Trinajstić information content (AvgIpc) is 3.67. The number of pyridine rings is 1. The predicted molar refractivity (Wildman–Crippen MR) is 204 cm³/mol.